The third-order valence-corrected chi connectivity index (χ3v) is 3.91. The predicted molar refractivity (Wildman–Crippen MR) is 76.1 cm³/mol. The Balaban J connectivity index is 2.31. The average Bonchev–Trinajstić information content (AvgIpc) is 2.67. The van der Waals surface area contributed by atoms with Crippen molar-refractivity contribution in [3.8, 4) is 0 Å². The van der Waals surface area contributed by atoms with Gasteiger partial charge in [-0.05, 0) is 27.2 Å². The molecule has 0 aliphatic rings. The highest BCUT2D eigenvalue weighted by atomic mass is 32.2. The van der Waals surface area contributed by atoms with Gasteiger partial charge in [-0.25, -0.2) is 0 Å². The fourth-order valence-electron chi connectivity index (χ4n) is 1.56. The second-order valence-electron chi connectivity index (χ2n) is 4.75. The summed E-state index contributed by atoms with van der Waals surface area (Å²) in [5, 5.41) is 13.1. The van der Waals surface area contributed by atoms with Crippen molar-refractivity contribution in [2.24, 2.45) is 0 Å². The van der Waals surface area contributed by atoms with Crippen molar-refractivity contribution in [1.82, 2.24) is 10.1 Å². The van der Waals surface area contributed by atoms with Gasteiger partial charge in [0.05, 0.1) is 17.6 Å². The molecule has 1 heterocycles. The Morgan fingerprint density at radius 3 is 2.74 bits per heavy atom. The molecule has 0 spiro atoms. The molecule has 0 saturated heterocycles. The second kappa shape index (κ2) is 7.55. The molecule has 0 aromatic carbocycles. The van der Waals surface area contributed by atoms with Crippen molar-refractivity contribution in [3.63, 3.8) is 0 Å². The first kappa shape index (κ1) is 16.0. The molecule has 19 heavy (non-hydrogen) atoms. The summed E-state index contributed by atoms with van der Waals surface area (Å²) in [4.78, 5) is 13.5. The van der Waals surface area contributed by atoms with Gasteiger partial charge in [0.15, 0.2) is 0 Å². The van der Waals surface area contributed by atoms with Gasteiger partial charge in [-0.3, -0.25) is 4.79 Å². The number of hydrogen-bond acceptors (Lipinski definition) is 5. The summed E-state index contributed by atoms with van der Waals surface area (Å²) in [6.07, 6.45) is 0.238. The van der Waals surface area contributed by atoms with E-state index < -0.39 is 0 Å². The van der Waals surface area contributed by atoms with Crippen LogP contribution in [0.4, 0.5) is 0 Å². The van der Waals surface area contributed by atoms with Gasteiger partial charge in [0.25, 0.3) is 0 Å². The highest BCUT2D eigenvalue weighted by Crippen LogP contribution is 2.19. The molecule has 1 amide bonds. The number of carbonyl (C=O) groups excluding carboxylic acids is 1. The van der Waals surface area contributed by atoms with Crippen LogP contribution in [-0.4, -0.2) is 46.5 Å². The monoisotopic (exact) mass is 286 g/mol. The summed E-state index contributed by atoms with van der Waals surface area (Å²) in [5.74, 6) is 2.06. The van der Waals surface area contributed by atoms with Crippen LogP contribution in [0.25, 0.3) is 0 Å². The number of rotatable bonds is 7. The number of thioether (sulfide) groups is 1. The van der Waals surface area contributed by atoms with Crippen molar-refractivity contribution >= 4 is 17.7 Å². The molecule has 1 rings (SSSR count). The van der Waals surface area contributed by atoms with Gasteiger partial charge in [-0.15, -0.1) is 11.8 Å². The number of aliphatic hydroxyl groups is 1. The van der Waals surface area contributed by atoms with Gasteiger partial charge in [-0.1, -0.05) is 5.16 Å². The zero-order chi connectivity index (χ0) is 14.4. The summed E-state index contributed by atoms with van der Waals surface area (Å²) in [6.45, 7) is 6.10. The van der Waals surface area contributed by atoms with Crippen LogP contribution in [0.5, 0.6) is 0 Å². The quantitative estimate of drug-likeness (QED) is 0.827. The van der Waals surface area contributed by atoms with Crippen LogP contribution >= 0.6 is 11.8 Å². The zero-order valence-electron chi connectivity index (χ0n) is 12.0. The van der Waals surface area contributed by atoms with Crippen LogP contribution in [0.15, 0.2) is 4.52 Å². The third kappa shape index (κ3) is 5.24. The maximum atomic E-state index is 11.8. The number of amides is 1. The van der Waals surface area contributed by atoms with Gasteiger partial charge < -0.3 is 14.5 Å². The number of carbonyl (C=O) groups is 1. The molecule has 1 unspecified atom stereocenters. The Morgan fingerprint density at radius 2 is 2.21 bits per heavy atom. The molecule has 6 heteroatoms. The van der Waals surface area contributed by atoms with Crippen molar-refractivity contribution < 1.29 is 14.4 Å². The van der Waals surface area contributed by atoms with E-state index in [9.17, 15) is 9.90 Å². The molecule has 0 aliphatic heterocycles. The molecular weight excluding hydrogens is 264 g/mol. The lowest BCUT2D eigenvalue weighted by atomic mass is 10.2. The van der Waals surface area contributed by atoms with E-state index in [1.54, 1.807) is 30.6 Å². The number of aromatic nitrogens is 1. The molecule has 1 atom stereocenters. The standard InChI is InChI=1S/C13H22N2O3S/c1-9(16)5-6-15(4)13(17)8-19-7-12-10(2)14-18-11(12)3/h9,16H,5-8H2,1-4H3. The van der Waals surface area contributed by atoms with Gasteiger partial charge in [0, 0.05) is 24.9 Å². The lowest BCUT2D eigenvalue weighted by Gasteiger charge is -2.17. The molecule has 1 aromatic heterocycles. The number of hydrogen-bond donors (Lipinski definition) is 1. The van der Waals surface area contributed by atoms with Crippen molar-refractivity contribution in [3.05, 3.63) is 17.0 Å². The fourth-order valence-corrected chi connectivity index (χ4v) is 2.68. The lowest BCUT2D eigenvalue weighted by Crippen LogP contribution is -2.30. The predicted octanol–water partition coefficient (Wildman–Crippen LogP) is 1.75. The van der Waals surface area contributed by atoms with E-state index in [1.807, 2.05) is 13.8 Å². The minimum absolute atomic E-state index is 0.0809. The highest BCUT2D eigenvalue weighted by Gasteiger charge is 2.12. The molecule has 0 aliphatic carbocycles. The SMILES string of the molecule is Cc1noc(C)c1CSCC(=O)N(C)CCC(C)O. The summed E-state index contributed by atoms with van der Waals surface area (Å²) < 4.78 is 5.08. The summed E-state index contributed by atoms with van der Waals surface area (Å²) in [6, 6.07) is 0. The van der Waals surface area contributed by atoms with E-state index in [0.29, 0.717) is 18.7 Å². The molecule has 5 nitrogen and oxygen atoms in total. The third-order valence-electron chi connectivity index (χ3n) is 2.96. The maximum Gasteiger partial charge on any atom is 0.232 e. The summed E-state index contributed by atoms with van der Waals surface area (Å²) in [7, 11) is 1.77. The lowest BCUT2D eigenvalue weighted by molar-refractivity contribution is -0.127. The largest absolute Gasteiger partial charge is 0.393 e. The normalized spacial score (nSPS) is 12.5. The summed E-state index contributed by atoms with van der Waals surface area (Å²) in [5.41, 5.74) is 1.96. The Kier molecular flexibility index (Phi) is 6.37. The summed E-state index contributed by atoms with van der Waals surface area (Å²) >= 11 is 1.56. The molecule has 1 aromatic rings. The van der Waals surface area contributed by atoms with Crippen molar-refractivity contribution in [1.29, 1.82) is 0 Å². The first-order valence-corrected chi connectivity index (χ1v) is 7.48. The minimum atomic E-state index is -0.370. The second-order valence-corrected chi connectivity index (χ2v) is 5.73. The van der Waals surface area contributed by atoms with Crippen LogP contribution < -0.4 is 0 Å². The number of aliphatic hydroxyl groups excluding tert-OH is 1. The van der Waals surface area contributed by atoms with E-state index in [1.165, 1.54) is 0 Å². The van der Waals surface area contributed by atoms with E-state index in [0.717, 1.165) is 22.8 Å². The fraction of sp³-hybridized carbons (Fsp3) is 0.692. The highest BCUT2D eigenvalue weighted by molar-refractivity contribution is 7.99. The Hall–Kier alpha value is -1.01. The van der Waals surface area contributed by atoms with Gasteiger partial charge in [-0.2, -0.15) is 0 Å². The first-order valence-electron chi connectivity index (χ1n) is 6.33. The van der Waals surface area contributed by atoms with Gasteiger partial charge >= 0.3 is 0 Å². The van der Waals surface area contributed by atoms with E-state index in [2.05, 4.69) is 5.16 Å². The van der Waals surface area contributed by atoms with Crippen LogP contribution in [0.3, 0.4) is 0 Å². The average molecular weight is 286 g/mol. The van der Waals surface area contributed by atoms with Crippen LogP contribution in [0.2, 0.25) is 0 Å². The van der Waals surface area contributed by atoms with Gasteiger partial charge in [0.2, 0.25) is 5.91 Å². The van der Waals surface area contributed by atoms with Crippen LogP contribution in [0, 0.1) is 13.8 Å². The Labute approximate surface area is 118 Å². The molecule has 0 saturated carbocycles. The molecule has 1 N–H and O–H groups in total. The van der Waals surface area contributed by atoms with Gasteiger partial charge in [0.1, 0.15) is 5.76 Å². The number of nitrogens with zero attached hydrogens (tertiary/aromatic N) is 2. The molecule has 0 radical (unpaired) electrons. The Morgan fingerprint density at radius 1 is 1.53 bits per heavy atom. The van der Waals surface area contributed by atoms with Crippen molar-refractivity contribution in [2.75, 3.05) is 19.3 Å². The topological polar surface area (TPSA) is 66.6 Å². The van der Waals surface area contributed by atoms with E-state index >= 15 is 0 Å². The van der Waals surface area contributed by atoms with E-state index in [4.69, 9.17) is 4.52 Å². The molecule has 0 bridgehead atoms. The minimum Gasteiger partial charge on any atom is -0.393 e. The zero-order valence-corrected chi connectivity index (χ0v) is 12.8. The number of aryl methyl sites for hydroxylation is 2. The Bertz CT molecular complexity index is 399. The molecular formula is C13H22N2O3S. The van der Waals surface area contributed by atoms with Crippen molar-refractivity contribution in [2.45, 2.75) is 39.0 Å². The molecule has 0 fully saturated rings. The molecule has 108 valence electrons. The van der Waals surface area contributed by atoms with Crippen LogP contribution in [0.1, 0.15) is 30.4 Å². The first-order chi connectivity index (χ1) is 8.91. The maximum absolute atomic E-state index is 11.8. The van der Waals surface area contributed by atoms with E-state index in [-0.39, 0.29) is 12.0 Å². The smallest absolute Gasteiger partial charge is 0.232 e. The van der Waals surface area contributed by atoms with Crippen LogP contribution in [-0.2, 0) is 10.5 Å².